The van der Waals surface area contributed by atoms with Crippen molar-refractivity contribution < 1.29 is 8.78 Å². The van der Waals surface area contributed by atoms with E-state index < -0.39 is 11.6 Å². The van der Waals surface area contributed by atoms with E-state index in [0.29, 0.717) is 23.8 Å². The number of halogens is 3. The lowest BCUT2D eigenvalue weighted by molar-refractivity contribution is 0.492. The SMILES string of the molecule is CC(C)CCCn1c(C(C)Cl)nc2ccc(F)c(F)c21. The predicted molar refractivity (Wildman–Crippen MR) is 78.0 cm³/mol. The van der Waals surface area contributed by atoms with Crippen LogP contribution in [-0.4, -0.2) is 9.55 Å². The standard InChI is InChI=1S/C15H19ClF2N2/c1-9(2)5-4-8-20-14-12(19-15(20)10(3)16)7-6-11(17)13(14)18/h6-7,9-10H,4-5,8H2,1-3H3. The number of aromatic nitrogens is 2. The zero-order valence-corrected chi connectivity index (χ0v) is 12.7. The average molecular weight is 301 g/mol. The molecule has 1 aromatic heterocycles. The van der Waals surface area contributed by atoms with Crippen LogP contribution in [0.1, 0.15) is 44.8 Å². The maximum atomic E-state index is 14.0. The molecule has 2 nitrogen and oxygen atoms in total. The summed E-state index contributed by atoms with van der Waals surface area (Å²) in [6, 6.07) is 2.60. The molecular formula is C15H19ClF2N2. The second kappa shape index (κ2) is 6.08. The van der Waals surface area contributed by atoms with Gasteiger partial charge in [-0.2, -0.15) is 0 Å². The summed E-state index contributed by atoms with van der Waals surface area (Å²) < 4.78 is 29.2. The van der Waals surface area contributed by atoms with E-state index in [2.05, 4.69) is 18.8 Å². The second-order valence-electron chi connectivity index (χ2n) is 5.50. The lowest BCUT2D eigenvalue weighted by Crippen LogP contribution is -2.07. The second-order valence-corrected chi connectivity index (χ2v) is 6.16. The fourth-order valence-electron chi connectivity index (χ4n) is 2.36. The van der Waals surface area contributed by atoms with Crippen molar-refractivity contribution in [3.8, 4) is 0 Å². The molecule has 0 radical (unpaired) electrons. The van der Waals surface area contributed by atoms with Crippen LogP contribution in [0.5, 0.6) is 0 Å². The van der Waals surface area contributed by atoms with Gasteiger partial charge in [0.05, 0.1) is 10.9 Å². The number of imidazole rings is 1. The van der Waals surface area contributed by atoms with Gasteiger partial charge in [-0.15, -0.1) is 11.6 Å². The van der Waals surface area contributed by atoms with E-state index in [0.717, 1.165) is 18.9 Å². The smallest absolute Gasteiger partial charge is 0.184 e. The van der Waals surface area contributed by atoms with Crippen LogP contribution in [-0.2, 0) is 6.54 Å². The highest BCUT2D eigenvalue weighted by molar-refractivity contribution is 6.20. The Bertz CT molecular complexity index is 605. The summed E-state index contributed by atoms with van der Waals surface area (Å²) >= 11 is 6.11. The molecule has 0 saturated heterocycles. The van der Waals surface area contributed by atoms with Crippen molar-refractivity contribution in [3.05, 3.63) is 29.6 Å². The van der Waals surface area contributed by atoms with Crippen LogP contribution in [0.25, 0.3) is 11.0 Å². The molecule has 0 bridgehead atoms. The van der Waals surface area contributed by atoms with Gasteiger partial charge < -0.3 is 4.57 Å². The van der Waals surface area contributed by atoms with Gasteiger partial charge >= 0.3 is 0 Å². The molecule has 20 heavy (non-hydrogen) atoms. The lowest BCUT2D eigenvalue weighted by atomic mass is 10.1. The van der Waals surface area contributed by atoms with Crippen molar-refractivity contribution in [3.63, 3.8) is 0 Å². The van der Waals surface area contributed by atoms with Crippen LogP contribution in [0.2, 0.25) is 0 Å². The maximum Gasteiger partial charge on any atom is 0.184 e. The molecule has 0 amide bonds. The topological polar surface area (TPSA) is 17.8 Å². The van der Waals surface area contributed by atoms with Gasteiger partial charge in [0, 0.05) is 6.54 Å². The van der Waals surface area contributed by atoms with Crippen LogP contribution in [0.3, 0.4) is 0 Å². The molecule has 0 aliphatic rings. The van der Waals surface area contributed by atoms with Crippen LogP contribution >= 0.6 is 11.6 Å². The number of hydrogen-bond donors (Lipinski definition) is 0. The minimum Gasteiger partial charge on any atom is -0.324 e. The molecule has 5 heteroatoms. The summed E-state index contributed by atoms with van der Waals surface area (Å²) in [7, 11) is 0. The van der Waals surface area contributed by atoms with Gasteiger partial charge in [0.15, 0.2) is 11.6 Å². The first-order valence-electron chi connectivity index (χ1n) is 6.90. The van der Waals surface area contributed by atoms with E-state index in [1.54, 1.807) is 11.5 Å². The first-order valence-corrected chi connectivity index (χ1v) is 7.33. The Labute approximate surface area is 122 Å². The molecule has 1 unspecified atom stereocenters. The highest BCUT2D eigenvalue weighted by atomic mass is 35.5. The summed E-state index contributed by atoms with van der Waals surface area (Å²) in [6.07, 6.45) is 1.91. The first kappa shape index (κ1) is 15.2. The lowest BCUT2D eigenvalue weighted by Gasteiger charge is -2.12. The Kier molecular flexibility index (Phi) is 4.63. The van der Waals surface area contributed by atoms with Crippen molar-refractivity contribution in [2.24, 2.45) is 5.92 Å². The zero-order valence-electron chi connectivity index (χ0n) is 12.0. The van der Waals surface area contributed by atoms with Crippen LogP contribution in [0.15, 0.2) is 12.1 Å². The van der Waals surface area contributed by atoms with E-state index >= 15 is 0 Å². The molecule has 0 saturated carbocycles. The van der Waals surface area contributed by atoms with Gasteiger partial charge in [0.25, 0.3) is 0 Å². The summed E-state index contributed by atoms with van der Waals surface area (Å²) in [5.41, 5.74) is 0.673. The molecule has 2 aromatic rings. The van der Waals surface area contributed by atoms with Crippen LogP contribution < -0.4 is 0 Å². The highest BCUT2D eigenvalue weighted by Crippen LogP contribution is 2.28. The molecule has 0 fully saturated rings. The fraction of sp³-hybridized carbons (Fsp3) is 0.533. The quantitative estimate of drug-likeness (QED) is 0.706. The number of alkyl halides is 1. The van der Waals surface area contributed by atoms with Crippen molar-refractivity contribution in [1.82, 2.24) is 9.55 Å². The maximum absolute atomic E-state index is 14.0. The van der Waals surface area contributed by atoms with Gasteiger partial charge in [-0.3, -0.25) is 0 Å². The monoisotopic (exact) mass is 300 g/mol. The summed E-state index contributed by atoms with van der Waals surface area (Å²) in [5.74, 6) is -0.530. The van der Waals surface area contributed by atoms with Gasteiger partial charge in [0.1, 0.15) is 11.3 Å². The van der Waals surface area contributed by atoms with E-state index in [-0.39, 0.29) is 10.9 Å². The minimum atomic E-state index is -0.851. The number of rotatable bonds is 5. The molecule has 0 N–H and O–H groups in total. The van der Waals surface area contributed by atoms with Gasteiger partial charge in [-0.1, -0.05) is 13.8 Å². The Morgan fingerprint density at radius 2 is 1.95 bits per heavy atom. The minimum absolute atomic E-state index is 0.219. The number of nitrogens with zero attached hydrogens (tertiary/aromatic N) is 2. The normalized spacial score (nSPS) is 13.3. The molecule has 110 valence electrons. The van der Waals surface area contributed by atoms with Crippen LogP contribution in [0.4, 0.5) is 8.78 Å². The molecule has 2 rings (SSSR count). The molecule has 0 aliphatic heterocycles. The van der Waals surface area contributed by atoms with Crippen molar-refractivity contribution in [2.45, 2.75) is 45.5 Å². The van der Waals surface area contributed by atoms with Crippen molar-refractivity contribution >= 4 is 22.6 Å². The molecule has 1 heterocycles. The summed E-state index contributed by atoms with van der Waals surface area (Å²) in [4.78, 5) is 4.34. The van der Waals surface area contributed by atoms with Crippen molar-refractivity contribution in [2.75, 3.05) is 0 Å². The number of fused-ring (bicyclic) bond motifs is 1. The number of hydrogen-bond acceptors (Lipinski definition) is 1. The van der Waals surface area contributed by atoms with Gasteiger partial charge in [0.2, 0.25) is 0 Å². The Balaban J connectivity index is 2.47. The molecule has 0 aliphatic carbocycles. The number of aryl methyl sites for hydroxylation is 1. The van der Waals surface area contributed by atoms with Crippen molar-refractivity contribution in [1.29, 1.82) is 0 Å². The third-order valence-electron chi connectivity index (χ3n) is 3.35. The van der Waals surface area contributed by atoms with Gasteiger partial charge in [-0.25, -0.2) is 13.8 Å². The van der Waals surface area contributed by atoms with E-state index in [9.17, 15) is 8.78 Å². The molecule has 1 aromatic carbocycles. The third kappa shape index (κ3) is 2.95. The zero-order chi connectivity index (χ0) is 14.9. The third-order valence-corrected chi connectivity index (χ3v) is 3.54. The molecule has 1 atom stereocenters. The van der Waals surface area contributed by atoms with E-state index in [1.807, 2.05) is 0 Å². The predicted octanol–water partition coefficient (Wildman–Crippen LogP) is 5.05. The number of benzene rings is 1. The van der Waals surface area contributed by atoms with E-state index in [1.165, 1.54) is 6.07 Å². The highest BCUT2D eigenvalue weighted by Gasteiger charge is 2.19. The summed E-state index contributed by atoms with van der Waals surface area (Å²) in [6.45, 7) is 6.66. The van der Waals surface area contributed by atoms with Crippen LogP contribution in [0, 0.1) is 17.6 Å². The van der Waals surface area contributed by atoms with E-state index in [4.69, 9.17) is 11.6 Å². The molecular weight excluding hydrogens is 282 g/mol. The van der Waals surface area contributed by atoms with Gasteiger partial charge in [-0.05, 0) is 37.8 Å². The largest absolute Gasteiger partial charge is 0.324 e. The Morgan fingerprint density at radius 3 is 2.55 bits per heavy atom. The Morgan fingerprint density at radius 1 is 1.25 bits per heavy atom. The Hall–Kier alpha value is -1.16. The summed E-state index contributed by atoms with van der Waals surface area (Å²) in [5, 5.41) is -0.344. The first-order chi connectivity index (χ1) is 9.41. The molecule has 0 spiro atoms. The average Bonchev–Trinajstić information content (AvgIpc) is 2.73. The fourth-order valence-corrected chi connectivity index (χ4v) is 2.53.